The van der Waals surface area contributed by atoms with Crippen LogP contribution in [0.2, 0.25) is 10.0 Å². The van der Waals surface area contributed by atoms with E-state index >= 15 is 0 Å². The molecule has 0 aliphatic rings. The van der Waals surface area contributed by atoms with Crippen LogP contribution in [0.25, 0.3) is 12.2 Å². The molecule has 0 saturated carbocycles. The Balaban J connectivity index is 1.60. The minimum Gasteiger partial charge on any atom is -0.308 e. The second-order valence-electron chi connectivity index (χ2n) is 4.90. The second-order valence-corrected chi connectivity index (χ2v) is 6.72. The molecule has 25 heavy (non-hydrogen) atoms. The molecule has 1 aromatic heterocycles. The Morgan fingerprint density at radius 3 is 2.52 bits per heavy atom. The van der Waals surface area contributed by atoms with E-state index in [0.717, 1.165) is 5.56 Å². The highest BCUT2D eigenvalue weighted by Gasteiger charge is 2.08. The summed E-state index contributed by atoms with van der Waals surface area (Å²) in [5.74, 6) is 0. The monoisotopic (exact) mass is 390 g/mol. The van der Waals surface area contributed by atoms with Gasteiger partial charge in [0.25, 0.3) is 0 Å². The fourth-order valence-corrected chi connectivity index (χ4v) is 2.86. The number of hydrogen-bond donors (Lipinski definition) is 2. The average molecular weight is 391 g/mol. The van der Waals surface area contributed by atoms with Crippen molar-refractivity contribution < 1.29 is 4.79 Å². The zero-order valence-electron chi connectivity index (χ0n) is 12.7. The number of urea groups is 1. The van der Waals surface area contributed by atoms with Crippen LogP contribution in [0.4, 0.5) is 15.6 Å². The van der Waals surface area contributed by atoms with Crippen LogP contribution >= 0.6 is 34.5 Å². The SMILES string of the molecule is O=C(Nc1ccc(Cl)c(Cl)c1)Nc1nnc(/C=C/c2ccccc2)s1. The van der Waals surface area contributed by atoms with E-state index in [4.69, 9.17) is 23.2 Å². The first-order valence-corrected chi connectivity index (χ1v) is 8.77. The number of benzene rings is 2. The molecule has 126 valence electrons. The van der Waals surface area contributed by atoms with Crippen LogP contribution in [0.15, 0.2) is 48.5 Å². The van der Waals surface area contributed by atoms with E-state index in [1.54, 1.807) is 18.2 Å². The van der Waals surface area contributed by atoms with Crippen LogP contribution < -0.4 is 10.6 Å². The minimum atomic E-state index is -0.437. The standard InChI is InChI=1S/C17H12Cl2N4OS/c18-13-8-7-12(10-14(13)19)20-16(24)21-17-23-22-15(25-17)9-6-11-4-2-1-3-5-11/h1-10H,(H2,20,21,23,24)/b9-6+. The highest BCUT2D eigenvalue weighted by atomic mass is 35.5. The molecule has 0 atom stereocenters. The number of nitrogens with zero attached hydrogens (tertiary/aromatic N) is 2. The van der Waals surface area contributed by atoms with Crippen molar-refractivity contribution in [1.82, 2.24) is 10.2 Å². The van der Waals surface area contributed by atoms with E-state index in [1.165, 1.54) is 11.3 Å². The van der Waals surface area contributed by atoms with Gasteiger partial charge in [-0.2, -0.15) is 0 Å². The summed E-state index contributed by atoms with van der Waals surface area (Å²) in [5, 5.41) is 15.1. The zero-order valence-corrected chi connectivity index (χ0v) is 15.1. The van der Waals surface area contributed by atoms with Gasteiger partial charge in [-0.25, -0.2) is 4.79 Å². The molecule has 2 amide bonds. The van der Waals surface area contributed by atoms with Gasteiger partial charge in [-0.1, -0.05) is 70.9 Å². The number of halogens is 2. The molecule has 0 radical (unpaired) electrons. The summed E-state index contributed by atoms with van der Waals surface area (Å²) in [6, 6.07) is 14.2. The van der Waals surface area contributed by atoms with Gasteiger partial charge in [-0.15, -0.1) is 10.2 Å². The maximum Gasteiger partial charge on any atom is 0.325 e. The van der Waals surface area contributed by atoms with Gasteiger partial charge in [0.15, 0.2) is 0 Å². The lowest BCUT2D eigenvalue weighted by molar-refractivity contribution is 0.262. The van der Waals surface area contributed by atoms with Crippen molar-refractivity contribution in [2.24, 2.45) is 0 Å². The van der Waals surface area contributed by atoms with Gasteiger partial charge in [-0.05, 0) is 29.8 Å². The second kappa shape index (κ2) is 8.11. The molecule has 0 unspecified atom stereocenters. The molecular formula is C17H12Cl2N4OS. The number of anilines is 2. The van der Waals surface area contributed by atoms with Crippen molar-refractivity contribution in [2.75, 3.05) is 10.6 Å². The average Bonchev–Trinajstić information content (AvgIpc) is 3.04. The van der Waals surface area contributed by atoms with Crippen molar-refractivity contribution in [1.29, 1.82) is 0 Å². The molecule has 2 N–H and O–H groups in total. The van der Waals surface area contributed by atoms with Crippen molar-refractivity contribution >= 4 is 63.5 Å². The molecule has 5 nitrogen and oxygen atoms in total. The van der Waals surface area contributed by atoms with Crippen molar-refractivity contribution in [3.63, 3.8) is 0 Å². The summed E-state index contributed by atoms with van der Waals surface area (Å²) in [4.78, 5) is 12.0. The Kier molecular flexibility index (Phi) is 5.65. The number of aromatic nitrogens is 2. The molecule has 3 aromatic rings. The fourth-order valence-electron chi connectivity index (χ4n) is 1.92. The maximum atomic E-state index is 12.0. The van der Waals surface area contributed by atoms with Gasteiger partial charge in [0, 0.05) is 5.69 Å². The summed E-state index contributed by atoms with van der Waals surface area (Å²) in [5.41, 5.74) is 1.59. The van der Waals surface area contributed by atoms with Crippen molar-refractivity contribution in [3.05, 3.63) is 69.1 Å². The molecule has 0 fully saturated rings. The smallest absolute Gasteiger partial charge is 0.308 e. The lowest BCUT2D eigenvalue weighted by atomic mass is 10.2. The first kappa shape index (κ1) is 17.4. The summed E-state index contributed by atoms with van der Waals surface area (Å²) < 4.78 is 0. The van der Waals surface area contributed by atoms with E-state index in [2.05, 4.69) is 20.8 Å². The molecule has 0 bridgehead atoms. The summed E-state index contributed by atoms with van der Waals surface area (Å²) in [7, 11) is 0. The quantitative estimate of drug-likeness (QED) is 0.603. The number of hydrogen-bond acceptors (Lipinski definition) is 4. The minimum absolute atomic E-state index is 0.365. The molecule has 0 aliphatic carbocycles. The van der Waals surface area contributed by atoms with E-state index in [1.807, 2.05) is 42.5 Å². The van der Waals surface area contributed by atoms with E-state index in [-0.39, 0.29) is 0 Å². The first-order chi connectivity index (χ1) is 12.1. The number of carbonyl (C=O) groups is 1. The number of nitrogens with one attached hydrogen (secondary N) is 2. The summed E-state index contributed by atoms with van der Waals surface area (Å²) >= 11 is 13.0. The first-order valence-electron chi connectivity index (χ1n) is 7.20. The Bertz CT molecular complexity index is 912. The lowest BCUT2D eigenvalue weighted by Gasteiger charge is -2.05. The molecule has 2 aromatic carbocycles. The number of amides is 2. The highest BCUT2D eigenvalue weighted by Crippen LogP contribution is 2.25. The highest BCUT2D eigenvalue weighted by molar-refractivity contribution is 7.16. The van der Waals surface area contributed by atoms with E-state index in [0.29, 0.717) is 25.9 Å². The topological polar surface area (TPSA) is 66.9 Å². The van der Waals surface area contributed by atoms with Crippen LogP contribution in [0, 0.1) is 0 Å². The fraction of sp³-hybridized carbons (Fsp3) is 0. The molecule has 0 aliphatic heterocycles. The third-order valence-electron chi connectivity index (χ3n) is 3.06. The van der Waals surface area contributed by atoms with Gasteiger partial charge in [-0.3, -0.25) is 5.32 Å². The van der Waals surface area contributed by atoms with Crippen LogP contribution in [0.3, 0.4) is 0 Å². The van der Waals surface area contributed by atoms with Gasteiger partial charge < -0.3 is 5.32 Å². The van der Waals surface area contributed by atoms with Gasteiger partial charge >= 0.3 is 6.03 Å². The lowest BCUT2D eigenvalue weighted by Crippen LogP contribution is -2.19. The Labute approximate surface area is 158 Å². The predicted molar refractivity (Wildman–Crippen MR) is 104 cm³/mol. The number of rotatable bonds is 4. The van der Waals surface area contributed by atoms with Crippen LogP contribution in [0.5, 0.6) is 0 Å². The Hall–Kier alpha value is -2.41. The zero-order chi connectivity index (χ0) is 17.6. The molecule has 8 heteroatoms. The van der Waals surface area contributed by atoms with Gasteiger partial charge in [0.1, 0.15) is 5.01 Å². The van der Waals surface area contributed by atoms with E-state index in [9.17, 15) is 4.79 Å². The van der Waals surface area contributed by atoms with Crippen LogP contribution in [-0.4, -0.2) is 16.2 Å². The normalized spacial score (nSPS) is 10.8. The predicted octanol–water partition coefficient (Wildman–Crippen LogP) is 5.66. The van der Waals surface area contributed by atoms with Crippen LogP contribution in [0.1, 0.15) is 10.6 Å². The molecule has 0 spiro atoms. The van der Waals surface area contributed by atoms with Gasteiger partial charge in [0.05, 0.1) is 10.0 Å². The number of carbonyl (C=O) groups excluding carboxylic acids is 1. The van der Waals surface area contributed by atoms with Crippen molar-refractivity contribution in [2.45, 2.75) is 0 Å². The molecule has 3 rings (SSSR count). The third-order valence-corrected chi connectivity index (χ3v) is 4.60. The largest absolute Gasteiger partial charge is 0.325 e. The Morgan fingerprint density at radius 1 is 0.960 bits per heavy atom. The molecule has 0 saturated heterocycles. The maximum absolute atomic E-state index is 12.0. The summed E-state index contributed by atoms with van der Waals surface area (Å²) in [6.07, 6.45) is 3.77. The van der Waals surface area contributed by atoms with Gasteiger partial charge in [0.2, 0.25) is 5.13 Å². The summed E-state index contributed by atoms with van der Waals surface area (Å²) in [6.45, 7) is 0. The van der Waals surface area contributed by atoms with Crippen LogP contribution in [-0.2, 0) is 0 Å². The van der Waals surface area contributed by atoms with Crippen molar-refractivity contribution in [3.8, 4) is 0 Å². The van der Waals surface area contributed by atoms with E-state index < -0.39 is 6.03 Å². The molecular weight excluding hydrogens is 379 g/mol. The Morgan fingerprint density at radius 2 is 1.76 bits per heavy atom. The molecule has 1 heterocycles. The third kappa shape index (κ3) is 5.03.